The minimum Gasteiger partial charge on any atom is -0.479 e. The average Bonchev–Trinajstić information content (AvgIpc) is 2.60. The van der Waals surface area contributed by atoms with Gasteiger partial charge >= 0.3 is 11.9 Å². The predicted molar refractivity (Wildman–Crippen MR) is 72.7 cm³/mol. The molecule has 0 saturated carbocycles. The number of aliphatic carboxylic acids is 1. The van der Waals surface area contributed by atoms with Crippen molar-refractivity contribution >= 4 is 18.2 Å². The Labute approximate surface area is 139 Å². The monoisotopic (exact) mass is 372 g/mol. The molecule has 0 aromatic heterocycles. The summed E-state index contributed by atoms with van der Waals surface area (Å²) >= 11 is 0. The van der Waals surface area contributed by atoms with Crippen LogP contribution in [0.1, 0.15) is 0 Å². The number of hydrogen-bond donors (Lipinski definition) is 9. The molecule has 1 rings (SSSR count). The summed E-state index contributed by atoms with van der Waals surface area (Å²) in [6.07, 6.45) is -14.3. The van der Waals surface area contributed by atoms with Gasteiger partial charge in [0.2, 0.25) is 0 Å². The van der Waals surface area contributed by atoms with Crippen molar-refractivity contribution in [2.45, 2.75) is 48.8 Å². The first-order chi connectivity index (χ1) is 11.5. The van der Waals surface area contributed by atoms with Gasteiger partial charge in [0.1, 0.15) is 30.5 Å². The van der Waals surface area contributed by atoms with E-state index in [2.05, 4.69) is 4.74 Å². The lowest BCUT2D eigenvalue weighted by atomic mass is 10.0. The van der Waals surface area contributed by atoms with Crippen LogP contribution in [0.5, 0.6) is 0 Å². The van der Waals surface area contributed by atoms with Gasteiger partial charge in [-0.15, -0.1) is 0 Å². The van der Waals surface area contributed by atoms with Crippen LogP contribution in [0.4, 0.5) is 0 Å². The van der Waals surface area contributed by atoms with Crippen LogP contribution in [0.15, 0.2) is 0 Å². The Hall–Kier alpha value is -1.71. The summed E-state index contributed by atoms with van der Waals surface area (Å²) in [7, 11) is 0. The molecule has 0 radical (unpaired) electrons. The zero-order valence-electron chi connectivity index (χ0n) is 12.6. The molecule has 1 fully saturated rings. The van der Waals surface area contributed by atoms with E-state index >= 15 is 0 Å². The molecule has 1 saturated heterocycles. The molecule has 0 aliphatic carbocycles. The predicted octanol–water partition coefficient (Wildman–Crippen LogP) is -6.30. The molecule has 13 nitrogen and oxygen atoms in total. The fourth-order valence-electron chi connectivity index (χ4n) is 1.60. The summed E-state index contributed by atoms with van der Waals surface area (Å²) in [4.78, 5) is 30.6. The number of carbonyl (C=O) groups excluding carboxylic acids is 2. The van der Waals surface area contributed by atoms with Crippen molar-refractivity contribution in [1.82, 2.24) is 0 Å². The van der Waals surface area contributed by atoms with Gasteiger partial charge in [0.25, 0.3) is 0 Å². The second kappa shape index (κ2) is 10.3. The quantitative estimate of drug-likeness (QED) is 0.156. The number of carboxylic acids is 1. The van der Waals surface area contributed by atoms with Gasteiger partial charge < -0.3 is 55.5 Å². The molecule has 0 bridgehead atoms. The number of aliphatic hydroxyl groups excluding tert-OH is 8. The molecule has 1 heterocycles. The summed E-state index contributed by atoms with van der Waals surface area (Å²) in [5.41, 5.74) is 0. The number of esters is 1. The Morgan fingerprint density at radius 3 is 2.00 bits per heavy atom. The van der Waals surface area contributed by atoms with Crippen molar-refractivity contribution in [3.05, 3.63) is 0 Å². The van der Waals surface area contributed by atoms with E-state index in [1.807, 2.05) is 0 Å². The Morgan fingerprint density at radius 2 is 1.60 bits per heavy atom. The van der Waals surface area contributed by atoms with E-state index in [-0.39, 0.29) is 6.29 Å². The number of hydrogen-bond acceptors (Lipinski definition) is 12. The third-order valence-electron chi connectivity index (χ3n) is 3.16. The molecule has 13 heteroatoms. The largest absolute Gasteiger partial charge is 0.479 e. The van der Waals surface area contributed by atoms with Crippen molar-refractivity contribution in [1.29, 1.82) is 0 Å². The summed E-state index contributed by atoms with van der Waals surface area (Å²) in [5, 5.41) is 78.7. The Bertz CT molecular complexity index is 452. The minimum atomic E-state index is -2.25. The van der Waals surface area contributed by atoms with E-state index in [9.17, 15) is 14.4 Å². The van der Waals surface area contributed by atoms with E-state index in [4.69, 9.17) is 46.0 Å². The summed E-state index contributed by atoms with van der Waals surface area (Å²) < 4.78 is 4.38. The number of aliphatic hydroxyl groups is 8. The average molecular weight is 372 g/mol. The van der Waals surface area contributed by atoms with Gasteiger partial charge in [0.15, 0.2) is 24.6 Å². The topological polar surface area (TPSA) is 243 Å². The summed E-state index contributed by atoms with van der Waals surface area (Å²) in [6.45, 7) is -0.587. The molecule has 0 spiro atoms. The maximum absolute atomic E-state index is 10.7. The SMILES string of the molecule is O=C1O[C@H](CO)[C@@H](O)[C@H](O)[C@H]1O.O=C[C@H](O)[C@@H](O)[C@H](O)[C@H](O)C(=O)O. The van der Waals surface area contributed by atoms with Crippen LogP contribution in [-0.4, -0.2) is 120 Å². The Balaban J connectivity index is 0.000000462. The molecule has 0 aromatic carbocycles. The van der Waals surface area contributed by atoms with Crippen molar-refractivity contribution in [3.8, 4) is 0 Å². The zero-order chi connectivity index (χ0) is 19.9. The van der Waals surface area contributed by atoms with E-state index in [1.165, 1.54) is 0 Å². The second-order valence-electron chi connectivity index (χ2n) is 4.97. The van der Waals surface area contributed by atoms with E-state index in [1.54, 1.807) is 0 Å². The third-order valence-corrected chi connectivity index (χ3v) is 3.16. The van der Waals surface area contributed by atoms with Crippen molar-refractivity contribution in [3.63, 3.8) is 0 Å². The molecular formula is C12H20O13. The minimum absolute atomic E-state index is 0.0809. The lowest BCUT2D eigenvalue weighted by Gasteiger charge is -2.32. The first-order valence-corrected chi connectivity index (χ1v) is 6.75. The number of carboxylic acid groups (broad SMARTS) is 1. The molecule has 1 aliphatic rings. The summed E-state index contributed by atoms with van der Waals surface area (Å²) in [5.74, 6) is -2.79. The van der Waals surface area contributed by atoms with Crippen molar-refractivity contribution in [2.24, 2.45) is 0 Å². The standard InChI is InChI=1S/C6H10O7.C6H10O6/c7-1-2(8)3(9)4(10)5(11)6(12)13;7-1-2-3(8)4(9)5(10)6(11)12-2/h1-5,8-11H,(H,12,13);2-5,7-10H,1H2/t2-,3+,4-,5-;2-,3-,4+,5-/m01/s1. The van der Waals surface area contributed by atoms with Gasteiger partial charge in [-0.05, 0) is 0 Å². The summed E-state index contributed by atoms with van der Waals surface area (Å²) in [6, 6.07) is 0. The number of rotatable bonds is 6. The van der Waals surface area contributed by atoms with Crippen LogP contribution < -0.4 is 0 Å². The van der Waals surface area contributed by atoms with Crippen LogP contribution in [0.25, 0.3) is 0 Å². The van der Waals surface area contributed by atoms with Crippen molar-refractivity contribution in [2.75, 3.05) is 6.61 Å². The van der Waals surface area contributed by atoms with Gasteiger partial charge in [-0.1, -0.05) is 0 Å². The van der Waals surface area contributed by atoms with E-state index in [0.717, 1.165) is 0 Å². The van der Waals surface area contributed by atoms with Crippen LogP contribution in [0, 0.1) is 0 Å². The smallest absolute Gasteiger partial charge is 0.338 e. The van der Waals surface area contributed by atoms with E-state index < -0.39 is 67.4 Å². The first kappa shape index (κ1) is 23.3. The van der Waals surface area contributed by atoms with E-state index in [0.29, 0.717) is 0 Å². The highest BCUT2D eigenvalue weighted by Crippen LogP contribution is 2.15. The number of cyclic esters (lactones) is 1. The first-order valence-electron chi connectivity index (χ1n) is 6.75. The molecule has 146 valence electrons. The van der Waals surface area contributed by atoms with Gasteiger partial charge in [0.05, 0.1) is 6.61 Å². The molecule has 9 N–H and O–H groups in total. The van der Waals surface area contributed by atoms with Gasteiger partial charge in [0, 0.05) is 0 Å². The maximum Gasteiger partial charge on any atom is 0.338 e. The third kappa shape index (κ3) is 6.26. The van der Waals surface area contributed by atoms with Crippen LogP contribution in [-0.2, 0) is 19.1 Å². The molecule has 8 atom stereocenters. The van der Waals surface area contributed by atoms with Crippen LogP contribution >= 0.6 is 0 Å². The van der Waals surface area contributed by atoms with Gasteiger partial charge in [-0.2, -0.15) is 0 Å². The zero-order valence-corrected chi connectivity index (χ0v) is 12.6. The van der Waals surface area contributed by atoms with Crippen LogP contribution in [0.2, 0.25) is 0 Å². The lowest BCUT2D eigenvalue weighted by Crippen LogP contribution is -2.56. The Kier molecular flexibility index (Phi) is 9.61. The number of ether oxygens (including phenoxy) is 1. The van der Waals surface area contributed by atoms with Crippen molar-refractivity contribution < 1.29 is 65.1 Å². The fraction of sp³-hybridized carbons (Fsp3) is 0.750. The van der Waals surface area contributed by atoms with Gasteiger partial charge in [-0.25, -0.2) is 9.59 Å². The van der Waals surface area contributed by atoms with Crippen LogP contribution in [0.3, 0.4) is 0 Å². The second-order valence-corrected chi connectivity index (χ2v) is 4.97. The molecule has 25 heavy (non-hydrogen) atoms. The van der Waals surface area contributed by atoms with Gasteiger partial charge in [-0.3, -0.25) is 0 Å². The lowest BCUT2D eigenvalue weighted by molar-refractivity contribution is -0.206. The number of aldehydes is 1. The molecule has 0 aromatic rings. The Morgan fingerprint density at radius 1 is 1.08 bits per heavy atom. The number of carbonyl (C=O) groups is 3. The molecule has 0 amide bonds. The molecule has 1 aliphatic heterocycles. The maximum atomic E-state index is 10.7. The highest BCUT2D eigenvalue weighted by molar-refractivity contribution is 5.76. The molecule has 0 unspecified atom stereocenters. The highest BCUT2D eigenvalue weighted by Gasteiger charge is 2.43. The fourth-order valence-corrected chi connectivity index (χ4v) is 1.60. The molecular weight excluding hydrogens is 352 g/mol. The normalized spacial score (nSPS) is 30.8. The highest BCUT2D eigenvalue weighted by atomic mass is 16.6.